The quantitative estimate of drug-likeness (QED) is 0.292. The smallest absolute Gasteiger partial charge is 0.224 e. The predicted octanol–water partition coefficient (Wildman–Crippen LogP) is 5.11. The Bertz CT molecular complexity index is 1270. The maximum atomic E-state index is 12.4. The third kappa shape index (κ3) is 6.41. The molecular formula is C29H33N3O3. The first-order valence-electron chi connectivity index (χ1n) is 12.3. The van der Waals surface area contributed by atoms with Gasteiger partial charge in [0.1, 0.15) is 12.4 Å². The van der Waals surface area contributed by atoms with Crippen LogP contribution in [-0.2, 0) is 24.2 Å². The van der Waals surface area contributed by atoms with Crippen molar-refractivity contribution >= 4 is 16.9 Å². The van der Waals surface area contributed by atoms with E-state index >= 15 is 0 Å². The second kappa shape index (κ2) is 12.1. The number of nitrogens with zero attached hydrogens (tertiary/aromatic N) is 2. The Morgan fingerprint density at radius 1 is 0.943 bits per heavy atom. The molecule has 1 N–H and O–H groups in total. The van der Waals surface area contributed by atoms with Gasteiger partial charge in [0.2, 0.25) is 5.91 Å². The maximum absolute atomic E-state index is 12.4. The summed E-state index contributed by atoms with van der Waals surface area (Å²) in [7, 11) is 0. The zero-order valence-corrected chi connectivity index (χ0v) is 20.5. The van der Waals surface area contributed by atoms with E-state index < -0.39 is 0 Å². The van der Waals surface area contributed by atoms with Crippen molar-refractivity contribution in [1.82, 2.24) is 14.9 Å². The van der Waals surface area contributed by atoms with Gasteiger partial charge in [-0.2, -0.15) is 0 Å². The van der Waals surface area contributed by atoms with Gasteiger partial charge in [-0.1, -0.05) is 48.5 Å². The van der Waals surface area contributed by atoms with Crippen LogP contribution in [0.3, 0.4) is 0 Å². The third-order valence-corrected chi connectivity index (χ3v) is 5.97. The van der Waals surface area contributed by atoms with Crippen LogP contribution in [0.4, 0.5) is 0 Å². The van der Waals surface area contributed by atoms with Gasteiger partial charge in [0.05, 0.1) is 30.6 Å². The van der Waals surface area contributed by atoms with Gasteiger partial charge in [0, 0.05) is 13.0 Å². The normalized spacial score (nSPS) is 10.9. The Labute approximate surface area is 206 Å². The van der Waals surface area contributed by atoms with Crippen LogP contribution in [0.1, 0.15) is 30.3 Å². The summed E-state index contributed by atoms with van der Waals surface area (Å²) in [6, 6.07) is 23.9. The Morgan fingerprint density at radius 3 is 2.46 bits per heavy atom. The van der Waals surface area contributed by atoms with Crippen LogP contribution in [0.25, 0.3) is 11.0 Å². The minimum absolute atomic E-state index is 0.0502. The van der Waals surface area contributed by atoms with E-state index in [4.69, 9.17) is 14.5 Å². The van der Waals surface area contributed by atoms with Crippen LogP contribution >= 0.6 is 0 Å². The first kappa shape index (κ1) is 24.3. The lowest BCUT2D eigenvalue weighted by molar-refractivity contribution is -0.120. The molecule has 182 valence electrons. The zero-order valence-electron chi connectivity index (χ0n) is 20.5. The van der Waals surface area contributed by atoms with Crippen LogP contribution in [0.15, 0.2) is 72.8 Å². The first-order valence-corrected chi connectivity index (χ1v) is 12.3. The number of aryl methyl sites for hydroxylation is 2. The fraction of sp³-hybridized carbons (Fsp3) is 0.310. The summed E-state index contributed by atoms with van der Waals surface area (Å²) < 4.78 is 13.9. The molecule has 6 nitrogen and oxygen atoms in total. The van der Waals surface area contributed by atoms with Crippen molar-refractivity contribution in [2.75, 3.05) is 19.8 Å². The van der Waals surface area contributed by atoms with Crippen molar-refractivity contribution < 1.29 is 14.3 Å². The molecule has 1 heterocycles. The third-order valence-electron chi connectivity index (χ3n) is 5.97. The summed E-state index contributed by atoms with van der Waals surface area (Å²) in [6.45, 7) is 6.39. The van der Waals surface area contributed by atoms with E-state index in [1.807, 2.05) is 80.6 Å². The van der Waals surface area contributed by atoms with E-state index in [9.17, 15) is 4.79 Å². The lowest BCUT2D eigenvalue weighted by Crippen LogP contribution is -2.26. The molecule has 0 atom stereocenters. The van der Waals surface area contributed by atoms with E-state index in [0.29, 0.717) is 32.7 Å². The summed E-state index contributed by atoms with van der Waals surface area (Å²) >= 11 is 0. The molecular weight excluding hydrogens is 438 g/mol. The van der Waals surface area contributed by atoms with Gasteiger partial charge in [0.15, 0.2) is 11.5 Å². The highest BCUT2D eigenvalue weighted by molar-refractivity contribution is 5.79. The summed E-state index contributed by atoms with van der Waals surface area (Å²) in [5, 5.41) is 3.05. The Morgan fingerprint density at radius 2 is 1.66 bits per heavy atom. The zero-order chi connectivity index (χ0) is 24.5. The fourth-order valence-electron chi connectivity index (χ4n) is 4.18. The van der Waals surface area contributed by atoms with E-state index in [1.54, 1.807) is 0 Å². The van der Waals surface area contributed by atoms with E-state index in [0.717, 1.165) is 52.3 Å². The van der Waals surface area contributed by atoms with Crippen molar-refractivity contribution in [3.8, 4) is 11.5 Å². The van der Waals surface area contributed by atoms with Crippen LogP contribution in [0, 0.1) is 6.92 Å². The van der Waals surface area contributed by atoms with Gasteiger partial charge in [-0.3, -0.25) is 4.79 Å². The number of para-hydroxylation sites is 4. The molecule has 0 saturated carbocycles. The Hall–Kier alpha value is -3.80. The molecule has 1 amide bonds. The number of fused-ring (bicyclic) bond motifs is 1. The minimum Gasteiger partial charge on any atom is -0.490 e. The van der Waals surface area contributed by atoms with Gasteiger partial charge in [0.25, 0.3) is 0 Å². The number of benzene rings is 3. The van der Waals surface area contributed by atoms with Crippen LogP contribution < -0.4 is 14.8 Å². The molecule has 4 aromatic rings. The number of nitrogens with one attached hydrogen (secondary N) is 1. The summed E-state index contributed by atoms with van der Waals surface area (Å²) in [5.74, 6) is 2.55. The predicted molar refractivity (Wildman–Crippen MR) is 139 cm³/mol. The SMILES string of the molecule is CCOc1ccccc1OCCn1c(CCCNC(=O)Cc2ccccc2C)nc2ccccc21. The highest BCUT2D eigenvalue weighted by Gasteiger charge is 2.12. The van der Waals surface area contributed by atoms with Crippen molar-refractivity contribution in [3.05, 3.63) is 89.7 Å². The van der Waals surface area contributed by atoms with E-state index in [2.05, 4.69) is 16.0 Å². The molecule has 0 aliphatic heterocycles. The highest BCUT2D eigenvalue weighted by Crippen LogP contribution is 2.26. The van der Waals surface area contributed by atoms with Crippen LogP contribution in [0.5, 0.6) is 11.5 Å². The highest BCUT2D eigenvalue weighted by atomic mass is 16.5. The average molecular weight is 472 g/mol. The molecule has 0 aliphatic carbocycles. The second-order valence-electron chi connectivity index (χ2n) is 8.45. The largest absolute Gasteiger partial charge is 0.490 e. The molecule has 0 bridgehead atoms. The average Bonchev–Trinajstić information content (AvgIpc) is 3.22. The Balaban J connectivity index is 1.34. The number of imidazole rings is 1. The van der Waals surface area contributed by atoms with Crippen LogP contribution in [0.2, 0.25) is 0 Å². The molecule has 0 spiro atoms. The van der Waals surface area contributed by atoms with Crippen molar-refractivity contribution in [2.24, 2.45) is 0 Å². The number of carbonyl (C=O) groups excluding carboxylic acids is 1. The number of hydrogen-bond donors (Lipinski definition) is 1. The molecule has 35 heavy (non-hydrogen) atoms. The summed E-state index contributed by atoms with van der Waals surface area (Å²) in [5.41, 5.74) is 4.27. The number of amides is 1. The molecule has 0 fully saturated rings. The van der Waals surface area contributed by atoms with Gasteiger partial charge in [-0.15, -0.1) is 0 Å². The molecule has 4 rings (SSSR count). The van der Waals surface area contributed by atoms with Crippen molar-refractivity contribution in [1.29, 1.82) is 0 Å². The first-order chi connectivity index (χ1) is 17.2. The molecule has 3 aromatic carbocycles. The number of hydrogen-bond acceptors (Lipinski definition) is 4. The van der Waals surface area contributed by atoms with Gasteiger partial charge >= 0.3 is 0 Å². The van der Waals surface area contributed by atoms with Crippen LogP contribution in [-0.4, -0.2) is 35.2 Å². The lowest BCUT2D eigenvalue weighted by Gasteiger charge is -2.13. The number of ether oxygens (including phenoxy) is 2. The van der Waals surface area contributed by atoms with Gasteiger partial charge in [-0.25, -0.2) is 4.98 Å². The molecule has 1 aromatic heterocycles. The summed E-state index contributed by atoms with van der Waals surface area (Å²) in [4.78, 5) is 17.2. The standard InChI is InChI=1S/C29H33N3O3/c1-3-34-26-15-8-9-16-27(26)35-20-19-32-25-14-7-6-13-24(25)31-28(32)17-10-18-30-29(33)21-23-12-5-4-11-22(23)2/h4-9,11-16H,3,10,17-21H2,1-2H3,(H,30,33). The fourth-order valence-corrected chi connectivity index (χ4v) is 4.18. The van der Waals surface area contributed by atoms with Crippen molar-refractivity contribution in [3.63, 3.8) is 0 Å². The Kier molecular flexibility index (Phi) is 8.39. The lowest BCUT2D eigenvalue weighted by atomic mass is 10.1. The molecule has 0 unspecified atom stereocenters. The van der Waals surface area contributed by atoms with Gasteiger partial charge < -0.3 is 19.4 Å². The molecule has 0 radical (unpaired) electrons. The van der Waals surface area contributed by atoms with Crippen molar-refractivity contribution in [2.45, 2.75) is 39.7 Å². The summed E-state index contributed by atoms with van der Waals surface area (Å²) in [6.07, 6.45) is 2.00. The minimum atomic E-state index is 0.0502. The van der Waals surface area contributed by atoms with Gasteiger partial charge in [-0.05, 0) is 55.7 Å². The number of rotatable bonds is 12. The maximum Gasteiger partial charge on any atom is 0.224 e. The van der Waals surface area contributed by atoms with E-state index in [-0.39, 0.29) is 5.91 Å². The number of carbonyl (C=O) groups is 1. The topological polar surface area (TPSA) is 65.4 Å². The molecule has 6 heteroatoms. The molecule has 0 aliphatic rings. The van der Waals surface area contributed by atoms with E-state index in [1.165, 1.54) is 0 Å². The molecule has 0 saturated heterocycles. The number of aromatic nitrogens is 2. The second-order valence-corrected chi connectivity index (χ2v) is 8.45. The monoisotopic (exact) mass is 471 g/mol.